The van der Waals surface area contributed by atoms with Gasteiger partial charge >= 0.3 is 0 Å². The predicted octanol–water partition coefficient (Wildman–Crippen LogP) is 4.30. The average Bonchev–Trinajstić information content (AvgIpc) is 3.07. The fraction of sp³-hybridized carbons (Fsp3) is 1.00. The second-order valence-electron chi connectivity index (χ2n) is 9.08. The molecule has 0 aliphatic carbocycles. The fourth-order valence-corrected chi connectivity index (χ4v) is 3.61. The van der Waals surface area contributed by atoms with Crippen molar-refractivity contribution < 1.29 is 24.1 Å². The van der Waals surface area contributed by atoms with Crippen molar-refractivity contribution in [2.45, 2.75) is 117 Å². The molecule has 2 saturated heterocycles. The number of hydrogen-bond acceptors (Lipinski definition) is 5. The van der Waals surface area contributed by atoms with Crippen molar-refractivity contribution in [3.8, 4) is 0 Å². The minimum atomic E-state index is -0.522. The number of hydrogen-bond donors (Lipinski definition) is 1. The van der Waals surface area contributed by atoms with Gasteiger partial charge in [0.15, 0.2) is 5.79 Å². The molecule has 0 aromatic heterocycles. The topological polar surface area (TPSA) is 57.2 Å². The van der Waals surface area contributed by atoms with Gasteiger partial charge in [-0.3, -0.25) is 0 Å². The molecule has 0 aromatic carbocycles. The minimum absolute atomic E-state index is 0. The predicted molar refractivity (Wildman–Crippen MR) is 104 cm³/mol. The molecule has 26 heavy (non-hydrogen) atoms. The Bertz CT molecular complexity index is 404. The molecule has 0 spiro atoms. The molecular formula is C21H42O5. The Hall–Kier alpha value is -0.200. The van der Waals surface area contributed by atoms with Crippen LogP contribution in [0.25, 0.3) is 0 Å². The maximum absolute atomic E-state index is 10.6. The number of ether oxygens (including phenoxy) is 4. The summed E-state index contributed by atoms with van der Waals surface area (Å²) in [4.78, 5) is 0. The molecule has 5 heteroatoms. The lowest BCUT2D eigenvalue weighted by molar-refractivity contribution is -0.149. The normalized spacial score (nSPS) is 32.4. The summed E-state index contributed by atoms with van der Waals surface area (Å²) >= 11 is 0. The van der Waals surface area contributed by atoms with Crippen LogP contribution in [0.1, 0.15) is 81.1 Å². The third kappa shape index (κ3) is 6.75. The molecule has 0 bridgehead atoms. The number of aliphatic hydroxyl groups excluding tert-OH is 1. The van der Waals surface area contributed by atoms with Crippen LogP contribution in [-0.2, 0) is 18.9 Å². The Balaban J connectivity index is 0.00000338. The van der Waals surface area contributed by atoms with Crippen molar-refractivity contribution in [2.75, 3.05) is 13.2 Å². The monoisotopic (exact) mass is 374 g/mol. The van der Waals surface area contributed by atoms with Crippen molar-refractivity contribution in [3.63, 3.8) is 0 Å². The summed E-state index contributed by atoms with van der Waals surface area (Å²) in [5.41, 5.74) is -0.194. The summed E-state index contributed by atoms with van der Waals surface area (Å²) in [6.07, 6.45) is 4.66. The van der Waals surface area contributed by atoms with Crippen LogP contribution in [0, 0.1) is 5.41 Å². The van der Waals surface area contributed by atoms with E-state index in [0.717, 1.165) is 19.3 Å². The lowest BCUT2D eigenvalue weighted by atomic mass is 9.85. The summed E-state index contributed by atoms with van der Waals surface area (Å²) in [5, 5.41) is 10.6. The third-order valence-electron chi connectivity index (χ3n) is 5.12. The highest BCUT2D eigenvalue weighted by atomic mass is 16.7. The van der Waals surface area contributed by atoms with E-state index in [1.807, 2.05) is 34.6 Å². The minimum Gasteiger partial charge on any atom is -0.390 e. The summed E-state index contributed by atoms with van der Waals surface area (Å²) in [5.74, 6) is -0.522. The van der Waals surface area contributed by atoms with Gasteiger partial charge in [-0.1, -0.05) is 54.4 Å². The number of unbranched alkanes of at least 4 members (excludes halogenated alkanes) is 2. The Morgan fingerprint density at radius 3 is 2.46 bits per heavy atom. The van der Waals surface area contributed by atoms with Crippen LogP contribution in [0.5, 0.6) is 0 Å². The Morgan fingerprint density at radius 2 is 1.92 bits per heavy atom. The molecule has 5 unspecified atom stereocenters. The average molecular weight is 375 g/mol. The third-order valence-corrected chi connectivity index (χ3v) is 5.12. The smallest absolute Gasteiger partial charge is 0.163 e. The van der Waals surface area contributed by atoms with Crippen molar-refractivity contribution >= 4 is 0 Å². The van der Waals surface area contributed by atoms with Gasteiger partial charge in [0.1, 0.15) is 6.10 Å². The molecule has 5 nitrogen and oxygen atoms in total. The van der Waals surface area contributed by atoms with Crippen molar-refractivity contribution in [3.05, 3.63) is 0 Å². The molecule has 0 saturated carbocycles. The highest BCUT2D eigenvalue weighted by Crippen LogP contribution is 2.35. The van der Waals surface area contributed by atoms with Gasteiger partial charge in [0.25, 0.3) is 0 Å². The summed E-state index contributed by atoms with van der Waals surface area (Å²) < 4.78 is 23.8. The molecular weight excluding hydrogens is 332 g/mol. The number of rotatable bonds is 8. The molecule has 2 rings (SSSR count). The van der Waals surface area contributed by atoms with E-state index in [1.165, 1.54) is 12.8 Å². The SMILES string of the molecule is C.CCCCCC1OC(C(O)C(C)(C)C)CC1OCC1COC(C)(C)O1. The molecule has 1 N–H and O–H groups in total. The number of aliphatic hydroxyl groups is 1. The standard InChI is InChI=1S/C20H38O5.CH4/c1-7-8-9-10-15-16(11-17(24-15)18(21)19(2,3)4)22-12-14-13-23-20(5,6)25-14;/h14-18,21H,7-13H2,1-6H3;1H4. The van der Waals surface area contributed by atoms with Crippen LogP contribution in [0.3, 0.4) is 0 Å². The first-order valence-corrected chi connectivity index (χ1v) is 9.89. The van der Waals surface area contributed by atoms with Crippen molar-refractivity contribution in [2.24, 2.45) is 5.41 Å². The fourth-order valence-electron chi connectivity index (χ4n) is 3.61. The molecule has 2 aliphatic heterocycles. The summed E-state index contributed by atoms with van der Waals surface area (Å²) in [6.45, 7) is 13.3. The van der Waals surface area contributed by atoms with E-state index < -0.39 is 11.9 Å². The van der Waals surface area contributed by atoms with E-state index in [0.29, 0.717) is 13.2 Å². The molecule has 0 aromatic rings. The van der Waals surface area contributed by atoms with Gasteiger partial charge in [-0.15, -0.1) is 0 Å². The van der Waals surface area contributed by atoms with Crippen LogP contribution in [-0.4, -0.2) is 54.6 Å². The first-order valence-electron chi connectivity index (χ1n) is 9.89. The Morgan fingerprint density at radius 1 is 1.23 bits per heavy atom. The molecule has 5 atom stereocenters. The van der Waals surface area contributed by atoms with Crippen molar-refractivity contribution in [1.82, 2.24) is 0 Å². The van der Waals surface area contributed by atoms with Crippen molar-refractivity contribution in [1.29, 1.82) is 0 Å². The van der Waals surface area contributed by atoms with Gasteiger partial charge in [0, 0.05) is 6.42 Å². The first-order chi connectivity index (χ1) is 11.6. The van der Waals surface area contributed by atoms with Crippen LogP contribution < -0.4 is 0 Å². The molecule has 2 fully saturated rings. The first kappa shape index (κ1) is 23.8. The van der Waals surface area contributed by atoms with Crippen LogP contribution >= 0.6 is 0 Å². The second-order valence-corrected chi connectivity index (χ2v) is 9.08. The zero-order valence-corrected chi connectivity index (χ0v) is 16.9. The van der Waals surface area contributed by atoms with Gasteiger partial charge in [-0.2, -0.15) is 0 Å². The second kappa shape index (κ2) is 9.83. The lowest BCUT2D eigenvalue weighted by Gasteiger charge is -2.30. The van der Waals surface area contributed by atoms with Gasteiger partial charge in [0.2, 0.25) is 0 Å². The summed E-state index contributed by atoms with van der Waals surface area (Å²) in [6, 6.07) is 0. The molecule has 0 amide bonds. The zero-order chi connectivity index (χ0) is 18.7. The van der Waals surface area contributed by atoms with E-state index in [1.54, 1.807) is 0 Å². The lowest BCUT2D eigenvalue weighted by Crippen LogP contribution is -2.37. The van der Waals surface area contributed by atoms with E-state index in [2.05, 4.69) is 6.92 Å². The van der Waals surface area contributed by atoms with Crippen LogP contribution in [0.2, 0.25) is 0 Å². The van der Waals surface area contributed by atoms with Crippen LogP contribution in [0.15, 0.2) is 0 Å². The summed E-state index contributed by atoms with van der Waals surface area (Å²) in [7, 11) is 0. The van der Waals surface area contributed by atoms with E-state index in [9.17, 15) is 5.11 Å². The van der Waals surface area contributed by atoms with Crippen LogP contribution in [0.4, 0.5) is 0 Å². The Kier molecular flexibility index (Phi) is 9.01. The Labute approximate surface area is 160 Å². The van der Waals surface area contributed by atoms with Gasteiger partial charge in [-0.05, 0) is 25.7 Å². The maximum atomic E-state index is 10.6. The van der Waals surface area contributed by atoms with E-state index >= 15 is 0 Å². The van der Waals surface area contributed by atoms with E-state index in [-0.39, 0.29) is 37.3 Å². The highest BCUT2D eigenvalue weighted by Gasteiger charge is 2.43. The zero-order valence-electron chi connectivity index (χ0n) is 16.9. The quantitative estimate of drug-likeness (QED) is 0.642. The largest absolute Gasteiger partial charge is 0.390 e. The maximum Gasteiger partial charge on any atom is 0.163 e. The van der Waals surface area contributed by atoms with Gasteiger partial charge in [0.05, 0.1) is 37.6 Å². The van der Waals surface area contributed by atoms with E-state index in [4.69, 9.17) is 18.9 Å². The van der Waals surface area contributed by atoms with Gasteiger partial charge in [-0.25, -0.2) is 0 Å². The van der Waals surface area contributed by atoms with Gasteiger partial charge < -0.3 is 24.1 Å². The molecule has 2 aliphatic rings. The molecule has 2 heterocycles. The molecule has 156 valence electrons. The molecule has 0 radical (unpaired) electrons. The highest BCUT2D eigenvalue weighted by molar-refractivity contribution is 4.91.